The van der Waals surface area contributed by atoms with Crippen LogP contribution in [-0.2, 0) is 54.3 Å². The van der Waals surface area contributed by atoms with Crippen LogP contribution in [0, 0.1) is 0 Å². The number of carbonyl (C=O) groups is 8. The van der Waals surface area contributed by atoms with Crippen LogP contribution in [0.15, 0.2) is 30.3 Å². The number of hydrogen-bond donors (Lipinski definition) is 7. The second-order valence-electron chi connectivity index (χ2n) is 15.7. The molecule has 18 heteroatoms. The molecule has 1 aromatic rings. The summed E-state index contributed by atoms with van der Waals surface area (Å²) in [4.78, 5) is 101. The third-order valence-electron chi connectivity index (χ3n) is 10.5. The first-order chi connectivity index (χ1) is 29.7. The number of aliphatic carboxylic acids is 2. The third kappa shape index (κ3) is 22.1. The normalized spacial score (nSPS) is 15.4. The highest BCUT2D eigenvalue weighted by molar-refractivity contribution is 5.95. The Morgan fingerprint density at radius 2 is 1.29 bits per heavy atom. The molecule has 1 aliphatic heterocycles. The molecule has 1 heterocycles. The zero-order chi connectivity index (χ0) is 45.7. The van der Waals surface area contributed by atoms with Crippen LogP contribution in [0.4, 0.5) is 0 Å². The van der Waals surface area contributed by atoms with Crippen LogP contribution < -0.4 is 26.6 Å². The van der Waals surface area contributed by atoms with Crippen molar-refractivity contribution in [2.24, 2.45) is 0 Å². The van der Waals surface area contributed by atoms with Crippen molar-refractivity contribution in [1.82, 2.24) is 31.5 Å². The number of rotatable bonds is 33. The number of hydrogen-bond acceptors (Lipinski definition) is 10. The predicted molar refractivity (Wildman–Crippen MR) is 230 cm³/mol. The SMILES string of the molecule is CCCCCCCCCCCC(=O)N[C@@H](CCC(=O)NCCOCCOCCC(=O)N[C@@H](C)C(=O)N[C@@H](C)C(=O)N1CCC[C@H]1C(=O)N[C@@H](Cc1ccccc1)C(=O)O)C(=O)O. The van der Waals surface area contributed by atoms with E-state index in [9.17, 15) is 48.6 Å². The molecular weight excluding hydrogens is 805 g/mol. The number of carboxylic acids is 2. The lowest BCUT2D eigenvalue weighted by atomic mass is 10.1. The van der Waals surface area contributed by atoms with Gasteiger partial charge >= 0.3 is 11.9 Å². The molecule has 0 aliphatic carbocycles. The van der Waals surface area contributed by atoms with Gasteiger partial charge in [0.05, 0.1) is 26.4 Å². The monoisotopic (exact) mass is 875 g/mol. The van der Waals surface area contributed by atoms with Crippen molar-refractivity contribution in [2.45, 2.75) is 154 Å². The Kier molecular flexibility index (Phi) is 26.4. The Hall–Kier alpha value is -5.10. The van der Waals surface area contributed by atoms with Crippen LogP contribution in [0.1, 0.15) is 123 Å². The number of amides is 6. The Balaban J connectivity index is 1.56. The van der Waals surface area contributed by atoms with Gasteiger partial charge in [-0.05, 0) is 45.1 Å². The maximum atomic E-state index is 13.3. The maximum Gasteiger partial charge on any atom is 0.326 e. The zero-order valence-corrected chi connectivity index (χ0v) is 36.8. The van der Waals surface area contributed by atoms with Crippen molar-refractivity contribution in [3.63, 3.8) is 0 Å². The van der Waals surface area contributed by atoms with Gasteiger partial charge in [-0.1, -0.05) is 88.6 Å². The van der Waals surface area contributed by atoms with Gasteiger partial charge in [-0.15, -0.1) is 0 Å². The molecule has 2 rings (SSSR count). The summed E-state index contributed by atoms with van der Waals surface area (Å²) in [6.07, 6.45) is 11.0. The first-order valence-corrected chi connectivity index (χ1v) is 22.1. The molecule has 0 spiro atoms. The number of benzene rings is 1. The van der Waals surface area contributed by atoms with E-state index in [-0.39, 0.29) is 83.4 Å². The van der Waals surface area contributed by atoms with Gasteiger partial charge in [-0.3, -0.25) is 28.8 Å². The molecule has 0 saturated carbocycles. The van der Waals surface area contributed by atoms with E-state index in [4.69, 9.17) is 9.47 Å². The molecule has 0 aromatic heterocycles. The molecule has 18 nitrogen and oxygen atoms in total. The Morgan fingerprint density at radius 1 is 0.677 bits per heavy atom. The second-order valence-corrected chi connectivity index (χ2v) is 15.7. The van der Waals surface area contributed by atoms with E-state index < -0.39 is 65.8 Å². The van der Waals surface area contributed by atoms with E-state index >= 15 is 0 Å². The summed E-state index contributed by atoms with van der Waals surface area (Å²) in [6, 6.07) is 3.65. The van der Waals surface area contributed by atoms with Crippen molar-refractivity contribution >= 4 is 47.4 Å². The van der Waals surface area contributed by atoms with Crippen LogP contribution in [-0.4, -0.2) is 132 Å². The molecule has 1 saturated heterocycles. The van der Waals surface area contributed by atoms with Gasteiger partial charge in [-0.2, -0.15) is 0 Å². The Bertz CT molecular complexity index is 1560. The molecule has 5 atom stereocenters. The first-order valence-electron chi connectivity index (χ1n) is 22.1. The molecule has 62 heavy (non-hydrogen) atoms. The second kappa shape index (κ2) is 30.9. The van der Waals surface area contributed by atoms with E-state index in [0.29, 0.717) is 19.3 Å². The minimum atomic E-state index is -1.20. The summed E-state index contributed by atoms with van der Waals surface area (Å²) < 4.78 is 10.8. The number of carbonyl (C=O) groups excluding carboxylic acids is 6. The molecule has 0 radical (unpaired) electrons. The topological polar surface area (TPSA) is 259 Å². The van der Waals surface area contributed by atoms with Crippen molar-refractivity contribution in [1.29, 1.82) is 0 Å². The largest absolute Gasteiger partial charge is 0.480 e. The molecule has 1 aliphatic rings. The van der Waals surface area contributed by atoms with Gasteiger partial charge in [0, 0.05) is 38.8 Å². The molecule has 6 amide bonds. The van der Waals surface area contributed by atoms with Crippen molar-refractivity contribution in [3.8, 4) is 0 Å². The van der Waals surface area contributed by atoms with Crippen LogP contribution in [0.2, 0.25) is 0 Å². The van der Waals surface area contributed by atoms with Gasteiger partial charge in [-0.25, -0.2) is 9.59 Å². The minimum absolute atomic E-state index is 0.0365. The average molecular weight is 875 g/mol. The lowest BCUT2D eigenvalue weighted by molar-refractivity contribution is -0.144. The van der Waals surface area contributed by atoms with E-state index in [1.807, 2.05) is 0 Å². The van der Waals surface area contributed by atoms with Crippen LogP contribution >= 0.6 is 0 Å². The highest BCUT2D eigenvalue weighted by Gasteiger charge is 2.38. The van der Waals surface area contributed by atoms with E-state index in [2.05, 4.69) is 33.5 Å². The summed E-state index contributed by atoms with van der Waals surface area (Å²) in [5.74, 6) is -5.25. The number of unbranched alkanes of at least 4 members (excludes halogenated alkanes) is 8. The van der Waals surface area contributed by atoms with Gasteiger partial charge in [0.1, 0.15) is 30.2 Å². The molecule has 7 N–H and O–H groups in total. The standard InChI is InChI=1S/C44H70N6O12/c1-4-5-6-7-8-9-10-11-15-20-38(52)48-34(43(57)58)21-22-37(51)45-24-27-62-29-28-61-26-23-39(53)46-31(2)40(54)47-32(3)42(56)50-25-16-19-36(50)41(55)49-35(44(59)60)30-33-17-13-12-14-18-33/h12-14,17-18,31-32,34-36H,4-11,15-16,19-30H2,1-3H3,(H,45,51)(H,46,53)(H,47,54)(H,48,52)(H,49,55)(H,57,58)(H,59,60)/t31-,32-,34-,35-,36-/m0/s1. The molecule has 0 unspecified atom stereocenters. The number of likely N-dealkylation sites (tertiary alicyclic amines) is 1. The van der Waals surface area contributed by atoms with Gasteiger partial charge in [0.2, 0.25) is 35.4 Å². The smallest absolute Gasteiger partial charge is 0.326 e. The first kappa shape index (κ1) is 53.0. The molecular formula is C44H70N6O12. The zero-order valence-electron chi connectivity index (χ0n) is 36.8. The van der Waals surface area contributed by atoms with Crippen molar-refractivity contribution in [3.05, 3.63) is 35.9 Å². The number of carboxylic acid groups (broad SMARTS) is 2. The summed E-state index contributed by atoms with van der Waals surface area (Å²) in [6.45, 7) is 6.13. The molecule has 348 valence electrons. The summed E-state index contributed by atoms with van der Waals surface area (Å²) >= 11 is 0. The predicted octanol–water partition coefficient (Wildman–Crippen LogP) is 2.61. The van der Waals surface area contributed by atoms with Crippen LogP contribution in [0.3, 0.4) is 0 Å². The number of nitrogens with one attached hydrogen (secondary N) is 5. The number of ether oxygens (including phenoxy) is 2. The van der Waals surface area contributed by atoms with E-state index in [0.717, 1.165) is 24.8 Å². The van der Waals surface area contributed by atoms with Crippen LogP contribution in [0.5, 0.6) is 0 Å². The number of nitrogens with zero attached hydrogens (tertiary/aromatic N) is 1. The van der Waals surface area contributed by atoms with Gasteiger partial charge in [0.15, 0.2) is 0 Å². The maximum absolute atomic E-state index is 13.3. The Morgan fingerprint density at radius 3 is 1.94 bits per heavy atom. The summed E-state index contributed by atoms with van der Waals surface area (Å²) in [5, 5.41) is 32.0. The van der Waals surface area contributed by atoms with Gasteiger partial charge < -0.3 is 51.2 Å². The molecule has 0 bridgehead atoms. The molecule has 1 aromatic carbocycles. The van der Waals surface area contributed by atoms with E-state index in [1.165, 1.54) is 50.9 Å². The average Bonchev–Trinajstić information content (AvgIpc) is 3.74. The highest BCUT2D eigenvalue weighted by atomic mass is 16.5. The minimum Gasteiger partial charge on any atom is -0.480 e. The van der Waals surface area contributed by atoms with Crippen LogP contribution in [0.25, 0.3) is 0 Å². The fourth-order valence-corrected chi connectivity index (χ4v) is 6.88. The van der Waals surface area contributed by atoms with Crippen molar-refractivity contribution in [2.75, 3.05) is 39.5 Å². The van der Waals surface area contributed by atoms with Gasteiger partial charge in [0.25, 0.3) is 0 Å². The third-order valence-corrected chi connectivity index (χ3v) is 10.5. The Labute approximate surface area is 365 Å². The quantitative estimate of drug-likeness (QED) is 0.0503. The molecule has 1 fully saturated rings. The highest BCUT2D eigenvalue weighted by Crippen LogP contribution is 2.19. The lowest BCUT2D eigenvalue weighted by Gasteiger charge is -2.28. The van der Waals surface area contributed by atoms with Crippen molar-refractivity contribution < 1.29 is 58.0 Å². The fraction of sp³-hybridized carbons (Fsp3) is 0.682. The summed E-state index contributed by atoms with van der Waals surface area (Å²) in [7, 11) is 0. The fourth-order valence-electron chi connectivity index (χ4n) is 6.88. The summed E-state index contributed by atoms with van der Waals surface area (Å²) in [5.41, 5.74) is 0.735. The lowest BCUT2D eigenvalue weighted by Crippen LogP contribution is -2.56. The van der Waals surface area contributed by atoms with E-state index in [1.54, 1.807) is 30.3 Å².